The predicted molar refractivity (Wildman–Crippen MR) is 53.2 cm³/mol. The topological polar surface area (TPSA) is 83.0 Å². The molecule has 1 heterocycles. The van der Waals surface area contributed by atoms with Gasteiger partial charge in [0.2, 0.25) is 5.96 Å². The van der Waals surface area contributed by atoms with E-state index in [1.165, 1.54) is 0 Å². The van der Waals surface area contributed by atoms with Crippen molar-refractivity contribution in [3.63, 3.8) is 0 Å². The van der Waals surface area contributed by atoms with Crippen LogP contribution in [0.3, 0.4) is 0 Å². The summed E-state index contributed by atoms with van der Waals surface area (Å²) in [4.78, 5) is 1.02. The van der Waals surface area contributed by atoms with Crippen molar-refractivity contribution in [1.82, 2.24) is 5.48 Å². The van der Waals surface area contributed by atoms with Crippen molar-refractivity contribution in [3.8, 4) is 0 Å². The molecule has 70 valence electrons. The molecule has 0 saturated carbocycles. The van der Waals surface area contributed by atoms with Crippen LogP contribution in [0.25, 0.3) is 0 Å². The van der Waals surface area contributed by atoms with Crippen molar-refractivity contribution in [1.29, 1.82) is 0 Å². The average molecular weight is 198 g/mol. The molecule has 1 aromatic rings. The Morgan fingerprint density at radius 1 is 1.77 bits per heavy atom. The number of nitrogens with two attached hydrogens (primary N) is 1. The number of aryl methyl sites for hydroxylation is 1. The molecule has 0 aliphatic heterocycles. The summed E-state index contributed by atoms with van der Waals surface area (Å²) in [6.45, 7) is 1.98. The minimum atomic E-state index is -0.134. The molecule has 0 aliphatic rings. The van der Waals surface area contributed by atoms with E-state index < -0.39 is 0 Å². The van der Waals surface area contributed by atoms with Crippen LogP contribution >= 0.6 is 11.3 Å². The van der Waals surface area contributed by atoms with Gasteiger partial charge in [0.1, 0.15) is 0 Å². The lowest BCUT2D eigenvalue weighted by molar-refractivity contribution is 0.232. The lowest BCUT2D eigenvalue weighted by Gasteiger charge is -1.90. The molecule has 0 saturated heterocycles. The SMILES string of the molecule is Cc1ccsc1/C=N\N=C(/N)NO. The van der Waals surface area contributed by atoms with E-state index in [1.54, 1.807) is 23.0 Å². The first-order valence-corrected chi connectivity index (χ1v) is 4.42. The number of thiophene rings is 1. The summed E-state index contributed by atoms with van der Waals surface area (Å²) in [5.41, 5.74) is 7.94. The minimum absolute atomic E-state index is 0.134. The maximum atomic E-state index is 8.27. The summed E-state index contributed by atoms with van der Waals surface area (Å²) in [7, 11) is 0. The molecule has 0 radical (unpaired) electrons. The molecule has 0 spiro atoms. The zero-order valence-electron chi connectivity index (χ0n) is 7.06. The lowest BCUT2D eigenvalue weighted by Crippen LogP contribution is -2.27. The largest absolute Gasteiger partial charge is 0.367 e. The molecule has 1 rings (SSSR count). The lowest BCUT2D eigenvalue weighted by atomic mass is 10.3. The fourth-order valence-electron chi connectivity index (χ4n) is 0.683. The van der Waals surface area contributed by atoms with Crippen LogP contribution in [0.1, 0.15) is 10.4 Å². The Bertz CT molecular complexity index is 331. The Labute approximate surface area is 79.6 Å². The van der Waals surface area contributed by atoms with Gasteiger partial charge in [-0.2, -0.15) is 5.10 Å². The standard InChI is InChI=1S/C7H10N4OS/c1-5-2-3-13-6(5)4-9-10-7(8)11-12/h2-4,12H,1H3,(H3,8,10,11)/b9-4-. The van der Waals surface area contributed by atoms with E-state index >= 15 is 0 Å². The van der Waals surface area contributed by atoms with E-state index in [9.17, 15) is 0 Å². The van der Waals surface area contributed by atoms with Gasteiger partial charge in [0.25, 0.3) is 0 Å². The monoisotopic (exact) mass is 198 g/mol. The summed E-state index contributed by atoms with van der Waals surface area (Å²) in [5.74, 6) is -0.134. The van der Waals surface area contributed by atoms with E-state index in [2.05, 4.69) is 10.2 Å². The second kappa shape index (κ2) is 4.58. The normalized spacial score (nSPS) is 12.3. The van der Waals surface area contributed by atoms with Gasteiger partial charge in [0.15, 0.2) is 0 Å². The van der Waals surface area contributed by atoms with Crippen molar-refractivity contribution < 1.29 is 5.21 Å². The number of hydrogen-bond donors (Lipinski definition) is 3. The summed E-state index contributed by atoms with van der Waals surface area (Å²) in [6, 6.07) is 1.99. The van der Waals surface area contributed by atoms with Crippen LogP contribution in [0.15, 0.2) is 21.6 Å². The highest BCUT2D eigenvalue weighted by atomic mass is 32.1. The third kappa shape index (κ3) is 2.85. The van der Waals surface area contributed by atoms with Gasteiger partial charge in [-0.3, -0.25) is 5.21 Å². The first-order chi connectivity index (χ1) is 6.24. The van der Waals surface area contributed by atoms with E-state index in [0.29, 0.717) is 0 Å². The number of hydroxylamine groups is 1. The minimum Gasteiger partial charge on any atom is -0.367 e. The fourth-order valence-corrected chi connectivity index (χ4v) is 1.46. The van der Waals surface area contributed by atoms with Gasteiger partial charge >= 0.3 is 0 Å². The van der Waals surface area contributed by atoms with Crippen LogP contribution in [-0.4, -0.2) is 17.4 Å². The first kappa shape index (κ1) is 9.69. The zero-order valence-corrected chi connectivity index (χ0v) is 7.88. The molecule has 4 N–H and O–H groups in total. The van der Waals surface area contributed by atoms with Crippen LogP contribution in [0, 0.1) is 6.92 Å². The summed E-state index contributed by atoms with van der Waals surface area (Å²) in [6.07, 6.45) is 1.59. The van der Waals surface area contributed by atoms with Crippen LogP contribution in [0.4, 0.5) is 0 Å². The van der Waals surface area contributed by atoms with E-state index in [4.69, 9.17) is 10.9 Å². The van der Waals surface area contributed by atoms with Gasteiger partial charge < -0.3 is 5.73 Å². The maximum absolute atomic E-state index is 8.27. The molecular formula is C7H10N4OS. The van der Waals surface area contributed by atoms with Crippen molar-refractivity contribution >= 4 is 23.5 Å². The molecule has 0 bridgehead atoms. The van der Waals surface area contributed by atoms with Crippen LogP contribution < -0.4 is 11.2 Å². The number of rotatable bonds is 2. The molecule has 6 heteroatoms. The van der Waals surface area contributed by atoms with Crippen LogP contribution in [0.2, 0.25) is 0 Å². The number of nitrogens with zero attached hydrogens (tertiary/aromatic N) is 2. The second-order valence-corrected chi connectivity index (χ2v) is 3.26. The van der Waals surface area contributed by atoms with Gasteiger partial charge in [-0.05, 0) is 23.9 Å². The van der Waals surface area contributed by atoms with Crippen LogP contribution in [-0.2, 0) is 0 Å². The number of nitrogens with one attached hydrogen (secondary N) is 1. The van der Waals surface area contributed by atoms with E-state index in [-0.39, 0.29) is 5.96 Å². The van der Waals surface area contributed by atoms with Crippen molar-refractivity contribution in [2.75, 3.05) is 0 Å². The van der Waals surface area contributed by atoms with Crippen molar-refractivity contribution in [2.24, 2.45) is 15.9 Å². The third-order valence-electron chi connectivity index (χ3n) is 1.36. The fraction of sp³-hybridized carbons (Fsp3) is 0.143. The Hall–Kier alpha value is -1.40. The molecule has 0 fully saturated rings. The molecule has 0 unspecified atom stereocenters. The number of hydrogen-bond acceptors (Lipinski definition) is 4. The molecule has 13 heavy (non-hydrogen) atoms. The summed E-state index contributed by atoms with van der Waals surface area (Å²) >= 11 is 1.57. The highest BCUT2D eigenvalue weighted by Crippen LogP contribution is 2.12. The Morgan fingerprint density at radius 2 is 2.54 bits per heavy atom. The van der Waals surface area contributed by atoms with Gasteiger partial charge in [0.05, 0.1) is 11.1 Å². The Balaban J connectivity index is 2.64. The third-order valence-corrected chi connectivity index (χ3v) is 2.31. The second-order valence-electron chi connectivity index (χ2n) is 2.31. The maximum Gasteiger partial charge on any atom is 0.237 e. The average Bonchev–Trinajstić information content (AvgIpc) is 2.52. The van der Waals surface area contributed by atoms with Gasteiger partial charge in [-0.25, -0.2) is 5.48 Å². The van der Waals surface area contributed by atoms with Crippen LogP contribution in [0.5, 0.6) is 0 Å². The number of guanidine groups is 1. The molecule has 0 aliphatic carbocycles. The van der Waals surface area contributed by atoms with Crippen molar-refractivity contribution in [2.45, 2.75) is 6.92 Å². The molecule has 0 aromatic carbocycles. The predicted octanol–water partition coefficient (Wildman–Crippen LogP) is 0.684. The molecule has 0 atom stereocenters. The molecule has 5 nitrogen and oxygen atoms in total. The van der Waals surface area contributed by atoms with Gasteiger partial charge in [-0.1, -0.05) is 0 Å². The highest BCUT2D eigenvalue weighted by Gasteiger charge is 1.93. The highest BCUT2D eigenvalue weighted by molar-refractivity contribution is 7.11. The molecular weight excluding hydrogens is 188 g/mol. The summed E-state index contributed by atoms with van der Waals surface area (Å²) < 4.78 is 0. The zero-order chi connectivity index (χ0) is 9.68. The summed E-state index contributed by atoms with van der Waals surface area (Å²) in [5, 5.41) is 17.4. The van der Waals surface area contributed by atoms with Crippen molar-refractivity contribution in [3.05, 3.63) is 21.9 Å². The van der Waals surface area contributed by atoms with E-state index in [1.807, 2.05) is 18.4 Å². The molecule has 0 amide bonds. The Kier molecular flexibility index (Phi) is 3.41. The first-order valence-electron chi connectivity index (χ1n) is 3.54. The van der Waals surface area contributed by atoms with Gasteiger partial charge in [-0.15, -0.1) is 16.4 Å². The van der Waals surface area contributed by atoms with Gasteiger partial charge in [0, 0.05) is 0 Å². The quantitative estimate of drug-likeness (QED) is 0.371. The molecule has 1 aromatic heterocycles. The van der Waals surface area contributed by atoms with E-state index in [0.717, 1.165) is 10.4 Å². The smallest absolute Gasteiger partial charge is 0.237 e. The Morgan fingerprint density at radius 3 is 3.08 bits per heavy atom.